The van der Waals surface area contributed by atoms with E-state index in [1.54, 1.807) is 11.8 Å². The lowest BCUT2D eigenvalue weighted by Gasteiger charge is -2.25. The molecule has 2 atom stereocenters. The van der Waals surface area contributed by atoms with Gasteiger partial charge in [0.05, 0.1) is 12.0 Å². The molecule has 0 bridgehead atoms. The molecule has 1 heterocycles. The highest BCUT2D eigenvalue weighted by Crippen LogP contribution is 2.37. The van der Waals surface area contributed by atoms with Crippen molar-refractivity contribution in [1.29, 1.82) is 0 Å². The lowest BCUT2D eigenvalue weighted by molar-refractivity contribution is -0.155. The van der Waals surface area contributed by atoms with Gasteiger partial charge >= 0.3 is 12.1 Å². The van der Waals surface area contributed by atoms with Gasteiger partial charge in [-0.2, -0.15) is 0 Å². The Labute approximate surface area is 131 Å². The number of hydrogen-bond donors (Lipinski definition) is 0. The van der Waals surface area contributed by atoms with Gasteiger partial charge in [-0.25, -0.2) is 4.79 Å². The molecule has 0 aliphatic carbocycles. The lowest BCUT2D eigenvalue weighted by atomic mass is 9.81. The Morgan fingerprint density at radius 3 is 2.59 bits per heavy atom. The standard InChI is InChI=1S/C17H23NO4/c1-4-21-15(19)17(3)12-18(10-13(17)2)16(20)22-11-14-8-6-5-7-9-14/h5-9,13H,4,10-12H2,1-3H3/t13-,17-/m0/s1. The van der Waals surface area contributed by atoms with Crippen LogP contribution in [0.2, 0.25) is 0 Å². The first-order chi connectivity index (χ1) is 10.5. The molecule has 0 radical (unpaired) electrons. The first-order valence-corrected chi connectivity index (χ1v) is 7.60. The van der Waals surface area contributed by atoms with E-state index in [2.05, 4.69) is 0 Å². The molecule has 5 nitrogen and oxygen atoms in total. The topological polar surface area (TPSA) is 55.8 Å². The van der Waals surface area contributed by atoms with Crippen LogP contribution in [0.15, 0.2) is 30.3 Å². The summed E-state index contributed by atoms with van der Waals surface area (Å²) in [4.78, 5) is 25.9. The van der Waals surface area contributed by atoms with Crippen molar-refractivity contribution in [2.75, 3.05) is 19.7 Å². The first-order valence-electron chi connectivity index (χ1n) is 7.60. The van der Waals surface area contributed by atoms with Gasteiger partial charge in [0.2, 0.25) is 0 Å². The number of carbonyl (C=O) groups is 2. The van der Waals surface area contributed by atoms with Crippen LogP contribution < -0.4 is 0 Å². The predicted molar refractivity (Wildman–Crippen MR) is 82.1 cm³/mol. The zero-order valence-corrected chi connectivity index (χ0v) is 13.4. The molecule has 0 spiro atoms. The molecule has 0 saturated carbocycles. The van der Waals surface area contributed by atoms with Gasteiger partial charge in [-0.1, -0.05) is 37.3 Å². The van der Waals surface area contributed by atoms with E-state index < -0.39 is 5.41 Å². The Bertz CT molecular complexity index is 531. The van der Waals surface area contributed by atoms with Crippen molar-refractivity contribution in [2.24, 2.45) is 11.3 Å². The second kappa shape index (κ2) is 6.81. The molecular weight excluding hydrogens is 282 g/mol. The molecule has 1 amide bonds. The number of esters is 1. The summed E-state index contributed by atoms with van der Waals surface area (Å²) in [5.41, 5.74) is 0.276. The van der Waals surface area contributed by atoms with Crippen molar-refractivity contribution in [3.8, 4) is 0 Å². The van der Waals surface area contributed by atoms with E-state index in [-0.39, 0.29) is 24.6 Å². The molecule has 1 aromatic rings. The van der Waals surface area contributed by atoms with Crippen LogP contribution in [0.3, 0.4) is 0 Å². The fourth-order valence-corrected chi connectivity index (χ4v) is 2.66. The van der Waals surface area contributed by atoms with Gasteiger partial charge < -0.3 is 14.4 Å². The van der Waals surface area contributed by atoms with Gasteiger partial charge in [0.1, 0.15) is 6.61 Å². The maximum Gasteiger partial charge on any atom is 0.410 e. The van der Waals surface area contributed by atoms with Crippen molar-refractivity contribution in [2.45, 2.75) is 27.4 Å². The second-order valence-corrected chi connectivity index (χ2v) is 5.96. The minimum absolute atomic E-state index is 0.0378. The van der Waals surface area contributed by atoms with E-state index in [0.717, 1.165) is 5.56 Å². The fourth-order valence-electron chi connectivity index (χ4n) is 2.66. The van der Waals surface area contributed by atoms with Crippen molar-refractivity contribution in [1.82, 2.24) is 4.90 Å². The molecule has 0 aromatic heterocycles. The third kappa shape index (κ3) is 3.40. The van der Waals surface area contributed by atoms with Crippen LogP contribution in [0, 0.1) is 11.3 Å². The highest BCUT2D eigenvalue weighted by atomic mass is 16.6. The number of carbonyl (C=O) groups excluding carboxylic acids is 2. The summed E-state index contributed by atoms with van der Waals surface area (Å²) >= 11 is 0. The summed E-state index contributed by atoms with van der Waals surface area (Å²) in [6, 6.07) is 9.53. The molecule has 1 aliphatic rings. The minimum atomic E-state index is -0.665. The van der Waals surface area contributed by atoms with Crippen LogP contribution in [0.1, 0.15) is 26.3 Å². The number of nitrogens with zero attached hydrogens (tertiary/aromatic N) is 1. The third-order valence-electron chi connectivity index (χ3n) is 4.31. The quantitative estimate of drug-likeness (QED) is 0.803. The normalized spacial score (nSPS) is 24.1. The fraction of sp³-hybridized carbons (Fsp3) is 0.529. The van der Waals surface area contributed by atoms with Gasteiger partial charge in [-0.05, 0) is 25.3 Å². The predicted octanol–water partition coefficient (Wildman–Crippen LogP) is 2.84. The molecule has 2 rings (SSSR count). The highest BCUT2D eigenvalue weighted by molar-refractivity contribution is 5.79. The van der Waals surface area contributed by atoms with Crippen LogP contribution in [0.5, 0.6) is 0 Å². The Hall–Kier alpha value is -2.04. The SMILES string of the molecule is CCOC(=O)[C@@]1(C)CN(C(=O)OCc2ccccc2)C[C@@H]1C. The number of likely N-dealkylation sites (tertiary alicyclic amines) is 1. The Morgan fingerprint density at radius 1 is 1.27 bits per heavy atom. The van der Waals surface area contributed by atoms with Crippen LogP contribution in [0.4, 0.5) is 4.79 Å². The number of rotatable bonds is 4. The second-order valence-electron chi connectivity index (χ2n) is 5.96. The number of amides is 1. The molecule has 0 unspecified atom stereocenters. The molecule has 120 valence electrons. The monoisotopic (exact) mass is 305 g/mol. The van der Waals surface area contributed by atoms with E-state index in [4.69, 9.17) is 9.47 Å². The molecular formula is C17H23NO4. The molecule has 1 fully saturated rings. The average Bonchev–Trinajstić information content (AvgIpc) is 2.83. The molecule has 1 aliphatic heterocycles. The van der Waals surface area contributed by atoms with E-state index >= 15 is 0 Å². The number of hydrogen-bond acceptors (Lipinski definition) is 4. The number of ether oxygens (including phenoxy) is 2. The Kier molecular flexibility index (Phi) is 5.06. The molecule has 5 heteroatoms. The van der Waals surface area contributed by atoms with Crippen LogP contribution in [-0.2, 0) is 20.9 Å². The zero-order valence-electron chi connectivity index (χ0n) is 13.4. The van der Waals surface area contributed by atoms with Gasteiger partial charge in [0, 0.05) is 13.1 Å². The summed E-state index contributed by atoms with van der Waals surface area (Å²) in [5.74, 6) is -0.211. The molecule has 0 N–H and O–H groups in total. The van der Waals surface area contributed by atoms with Crippen LogP contribution in [-0.4, -0.2) is 36.7 Å². The van der Waals surface area contributed by atoms with E-state index in [9.17, 15) is 9.59 Å². The van der Waals surface area contributed by atoms with E-state index in [0.29, 0.717) is 19.7 Å². The molecule has 1 saturated heterocycles. The maximum atomic E-state index is 12.2. The largest absolute Gasteiger partial charge is 0.466 e. The van der Waals surface area contributed by atoms with Gasteiger partial charge in [0.15, 0.2) is 0 Å². The Balaban J connectivity index is 1.93. The number of benzene rings is 1. The van der Waals surface area contributed by atoms with Gasteiger partial charge in [-0.3, -0.25) is 4.79 Å². The first kappa shape index (κ1) is 16.3. The van der Waals surface area contributed by atoms with Crippen LogP contribution in [0.25, 0.3) is 0 Å². The van der Waals surface area contributed by atoms with E-state index in [1.807, 2.05) is 44.2 Å². The Morgan fingerprint density at radius 2 is 1.95 bits per heavy atom. The lowest BCUT2D eigenvalue weighted by Crippen LogP contribution is -2.38. The minimum Gasteiger partial charge on any atom is -0.466 e. The molecule has 22 heavy (non-hydrogen) atoms. The van der Waals surface area contributed by atoms with Crippen LogP contribution >= 0.6 is 0 Å². The summed E-state index contributed by atoms with van der Waals surface area (Å²) in [6.07, 6.45) is -0.385. The van der Waals surface area contributed by atoms with Crippen molar-refractivity contribution < 1.29 is 19.1 Å². The maximum absolute atomic E-state index is 12.2. The third-order valence-corrected chi connectivity index (χ3v) is 4.31. The summed E-state index contributed by atoms with van der Waals surface area (Å²) in [5, 5.41) is 0. The van der Waals surface area contributed by atoms with Crippen molar-refractivity contribution >= 4 is 12.1 Å². The smallest absolute Gasteiger partial charge is 0.410 e. The summed E-state index contributed by atoms with van der Waals surface area (Å²) < 4.78 is 10.5. The molecule has 1 aromatic carbocycles. The van der Waals surface area contributed by atoms with Gasteiger partial charge in [-0.15, -0.1) is 0 Å². The van der Waals surface area contributed by atoms with Crippen molar-refractivity contribution in [3.63, 3.8) is 0 Å². The highest BCUT2D eigenvalue weighted by Gasteiger charge is 2.49. The summed E-state index contributed by atoms with van der Waals surface area (Å²) in [7, 11) is 0. The van der Waals surface area contributed by atoms with Gasteiger partial charge in [0.25, 0.3) is 0 Å². The van der Waals surface area contributed by atoms with E-state index in [1.165, 1.54) is 0 Å². The van der Waals surface area contributed by atoms with Crippen molar-refractivity contribution in [3.05, 3.63) is 35.9 Å². The average molecular weight is 305 g/mol. The summed E-state index contributed by atoms with van der Waals surface area (Å²) in [6.45, 7) is 7.01. The zero-order chi connectivity index (χ0) is 16.2.